The summed E-state index contributed by atoms with van der Waals surface area (Å²) in [4.78, 5) is 16.0. The summed E-state index contributed by atoms with van der Waals surface area (Å²) in [6.45, 7) is 6.06. The molecule has 7 heteroatoms. The Balaban J connectivity index is 1.48. The van der Waals surface area contributed by atoms with Crippen molar-refractivity contribution in [3.8, 4) is 17.1 Å². The van der Waals surface area contributed by atoms with Crippen molar-refractivity contribution in [1.82, 2.24) is 10.1 Å². The predicted molar refractivity (Wildman–Crippen MR) is 98.2 cm³/mol. The lowest BCUT2D eigenvalue weighted by Gasteiger charge is -2.12. The fourth-order valence-corrected chi connectivity index (χ4v) is 3.17. The van der Waals surface area contributed by atoms with Gasteiger partial charge in [0, 0.05) is 10.9 Å². The zero-order valence-electron chi connectivity index (χ0n) is 14.9. The molecule has 0 N–H and O–H groups in total. The minimum absolute atomic E-state index is 0.0787. The molecule has 3 aromatic rings. The van der Waals surface area contributed by atoms with Gasteiger partial charge in [-0.1, -0.05) is 25.1 Å². The Hall–Kier alpha value is -2.67. The number of hydrogen-bond acceptors (Lipinski definition) is 7. The predicted octanol–water partition coefficient (Wildman–Crippen LogP) is 4.35. The van der Waals surface area contributed by atoms with Crippen molar-refractivity contribution in [1.29, 1.82) is 0 Å². The number of esters is 1. The Morgan fingerprint density at radius 1 is 1.31 bits per heavy atom. The first-order chi connectivity index (χ1) is 12.5. The third-order valence-electron chi connectivity index (χ3n) is 3.82. The van der Waals surface area contributed by atoms with E-state index in [2.05, 4.69) is 24.0 Å². The van der Waals surface area contributed by atoms with E-state index >= 15 is 0 Å². The van der Waals surface area contributed by atoms with Crippen LogP contribution in [0.4, 0.5) is 0 Å². The van der Waals surface area contributed by atoms with Crippen molar-refractivity contribution in [3.05, 3.63) is 52.0 Å². The van der Waals surface area contributed by atoms with Crippen LogP contribution in [0.3, 0.4) is 0 Å². The molecule has 3 rings (SSSR count). The molecular formula is C19H20N2O4S. The van der Waals surface area contributed by atoms with Crippen molar-refractivity contribution in [2.24, 2.45) is 0 Å². The summed E-state index contributed by atoms with van der Waals surface area (Å²) in [7, 11) is 0. The van der Waals surface area contributed by atoms with Crippen LogP contribution in [-0.4, -0.2) is 22.7 Å². The summed E-state index contributed by atoms with van der Waals surface area (Å²) in [5.74, 6) is 1.32. The summed E-state index contributed by atoms with van der Waals surface area (Å²) in [5.41, 5.74) is 3.27. The standard InChI is InChI=1S/C19H20N2O4S/c1-12(2)16-5-4-15(8-13(16)3)23-10-18(22)24-9-17-20-19(21-25-17)14-6-7-26-11-14/h4-8,11-12H,9-10H2,1-3H3. The molecule has 6 nitrogen and oxygen atoms in total. The number of aryl methyl sites for hydroxylation is 1. The van der Waals surface area contributed by atoms with Gasteiger partial charge >= 0.3 is 5.97 Å². The number of rotatable bonds is 7. The number of nitrogens with zero attached hydrogens (tertiary/aromatic N) is 2. The van der Waals surface area contributed by atoms with Crippen LogP contribution in [0.25, 0.3) is 11.4 Å². The van der Waals surface area contributed by atoms with E-state index in [0.29, 0.717) is 17.5 Å². The molecule has 0 spiro atoms. The van der Waals surface area contributed by atoms with Gasteiger partial charge in [-0.3, -0.25) is 0 Å². The Bertz CT molecular complexity index is 872. The number of carbonyl (C=O) groups is 1. The van der Waals surface area contributed by atoms with Crippen LogP contribution in [0.15, 0.2) is 39.5 Å². The van der Waals surface area contributed by atoms with Gasteiger partial charge in [-0.15, -0.1) is 0 Å². The highest BCUT2D eigenvalue weighted by Gasteiger charge is 2.12. The molecule has 0 saturated heterocycles. The van der Waals surface area contributed by atoms with E-state index in [0.717, 1.165) is 11.1 Å². The number of aromatic nitrogens is 2. The Morgan fingerprint density at radius 3 is 2.85 bits per heavy atom. The van der Waals surface area contributed by atoms with Crippen molar-refractivity contribution in [2.45, 2.75) is 33.3 Å². The van der Waals surface area contributed by atoms with Crippen LogP contribution in [0.1, 0.15) is 36.8 Å². The topological polar surface area (TPSA) is 74.5 Å². The Morgan fingerprint density at radius 2 is 2.15 bits per heavy atom. The van der Waals surface area contributed by atoms with Gasteiger partial charge in [-0.2, -0.15) is 16.3 Å². The highest BCUT2D eigenvalue weighted by molar-refractivity contribution is 7.08. The largest absolute Gasteiger partial charge is 0.482 e. The highest BCUT2D eigenvalue weighted by Crippen LogP contribution is 2.23. The van der Waals surface area contributed by atoms with E-state index in [9.17, 15) is 4.79 Å². The lowest BCUT2D eigenvalue weighted by molar-refractivity contribution is -0.148. The normalized spacial score (nSPS) is 10.9. The van der Waals surface area contributed by atoms with Gasteiger partial charge in [0.2, 0.25) is 5.82 Å². The zero-order valence-corrected chi connectivity index (χ0v) is 15.7. The molecule has 0 unspecified atom stereocenters. The fourth-order valence-electron chi connectivity index (χ4n) is 2.53. The molecule has 136 valence electrons. The molecule has 0 saturated carbocycles. The van der Waals surface area contributed by atoms with Crippen LogP contribution in [-0.2, 0) is 16.1 Å². The molecule has 0 amide bonds. The summed E-state index contributed by atoms with van der Waals surface area (Å²) < 4.78 is 15.7. The number of thiophene rings is 1. The summed E-state index contributed by atoms with van der Waals surface area (Å²) in [6.07, 6.45) is 0. The van der Waals surface area contributed by atoms with Crippen LogP contribution in [0.2, 0.25) is 0 Å². The van der Waals surface area contributed by atoms with Gasteiger partial charge < -0.3 is 14.0 Å². The fraction of sp³-hybridized carbons (Fsp3) is 0.316. The lowest BCUT2D eigenvalue weighted by atomic mass is 9.98. The number of ether oxygens (including phenoxy) is 2. The maximum atomic E-state index is 11.8. The van der Waals surface area contributed by atoms with Crippen molar-refractivity contribution in [3.63, 3.8) is 0 Å². The maximum Gasteiger partial charge on any atom is 0.344 e. The van der Waals surface area contributed by atoms with Crippen molar-refractivity contribution >= 4 is 17.3 Å². The second-order valence-corrected chi connectivity index (χ2v) is 6.93. The SMILES string of the molecule is Cc1cc(OCC(=O)OCc2nc(-c3ccsc3)no2)ccc1C(C)C. The van der Waals surface area contributed by atoms with Gasteiger partial charge in [-0.25, -0.2) is 4.79 Å². The molecule has 0 aliphatic heterocycles. The van der Waals surface area contributed by atoms with Crippen molar-refractivity contribution in [2.75, 3.05) is 6.61 Å². The van der Waals surface area contributed by atoms with Crippen LogP contribution >= 0.6 is 11.3 Å². The molecule has 0 fully saturated rings. The number of benzene rings is 1. The van der Waals surface area contributed by atoms with Gasteiger partial charge in [0.1, 0.15) is 5.75 Å². The molecule has 0 aliphatic rings. The third-order valence-corrected chi connectivity index (χ3v) is 4.51. The molecular weight excluding hydrogens is 352 g/mol. The highest BCUT2D eigenvalue weighted by atomic mass is 32.1. The van der Waals surface area contributed by atoms with Gasteiger partial charge in [-0.05, 0) is 47.5 Å². The minimum atomic E-state index is -0.495. The van der Waals surface area contributed by atoms with Gasteiger partial charge in [0.25, 0.3) is 5.89 Å². The van der Waals surface area contributed by atoms with Crippen LogP contribution in [0.5, 0.6) is 5.75 Å². The average molecular weight is 372 g/mol. The molecule has 0 atom stereocenters. The second-order valence-electron chi connectivity index (χ2n) is 6.15. The molecule has 2 aromatic heterocycles. The van der Waals surface area contributed by atoms with Crippen LogP contribution < -0.4 is 4.74 Å². The van der Waals surface area contributed by atoms with E-state index in [1.165, 1.54) is 5.56 Å². The lowest BCUT2D eigenvalue weighted by Crippen LogP contribution is -2.15. The quantitative estimate of drug-likeness (QED) is 0.574. The molecule has 0 bridgehead atoms. The first-order valence-electron chi connectivity index (χ1n) is 8.27. The van der Waals surface area contributed by atoms with E-state index in [4.69, 9.17) is 14.0 Å². The zero-order chi connectivity index (χ0) is 18.5. The van der Waals surface area contributed by atoms with E-state index in [1.54, 1.807) is 11.3 Å². The summed E-state index contributed by atoms with van der Waals surface area (Å²) >= 11 is 1.55. The summed E-state index contributed by atoms with van der Waals surface area (Å²) in [6, 6.07) is 7.70. The van der Waals surface area contributed by atoms with E-state index < -0.39 is 5.97 Å². The van der Waals surface area contributed by atoms with E-state index in [-0.39, 0.29) is 19.1 Å². The minimum Gasteiger partial charge on any atom is -0.482 e. The van der Waals surface area contributed by atoms with Crippen LogP contribution in [0, 0.1) is 6.92 Å². The third kappa shape index (κ3) is 4.49. The smallest absolute Gasteiger partial charge is 0.344 e. The number of carbonyl (C=O) groups excluding carboxylic acids is 1. The first kappa shape index (κ1) is 18.1. The van der Waals surface area contributed by atoms with Gasteiger partial charge in [0.05, 0.1) is 0 Å². The average Bonchev–Trinajstić information content (AvgIpc) is 3.29. The Labute approximate surface area is 155 Å². The van der Waals surface area contributed by atoms with Crippen molar-refractivity contribution < 1.29 is 18.8 Å². The Kier molecular flexibility index (Phi) is 5.68. The molecule has 26 heavy (non-hydrogen) atoms. The molecule has 1 aromatic carbocycles. The van der Waals surface area contributed by atoms with E-state index in [1.807, 2.05) is 41.9 Å². The molecule has 2 heterocycles. The molecule has 0 aliphatic carbocycles. The first-order valence-corrected chi connectivity index (χ1v) is 9.21. The van der Waals surface area contributed by atoms with Gasteiger partial charge in [0.15, 0.2) is 13.2 Å². The number of hydrogen-bond donors (Lipinski definition) is 0. The maximum absolute atomic E-state index is 11.8. The molecule has 0 radical (unpaired) electrons. The summed E-state index contributed by atoms with van der Waals surface area (Å²) in [5, 5.41) is 7.71. The second kappa shape index (κ2) is 8.14. The monoisotopic (exact) mass is 372 g/mol.